The highest BCUT2D eigenvalue weighted by molar-refractivity contribution is 14.1. The van der Waals surface area contributed by atoms with Crippen molar-refractivity contribution in [2.75, 3.05) is 12.4 Å². The van der Waals surface area contributed by atoms with E-state index in [1.807, 2.05) is 49.5 Å². The fraction of sp³-hybridized carbons (Fsp3) is 0.0667. The molecule has 20 heavy (non-hydrogen) atoms. The van der Waals surface area contributed by atoms with Gasteiger partial charge in [0.05, 0.1) is 10.5 Å². The lowest BCUT2D eigenvalue weighted by molar-refractivity contribution is 1.26. The number of halogens is 2. The third kappa shape index (κ3) is 2.33. The normalized spacial score (nSPS) is 10.8. The molecule has 2 aromatic carbocycles. The summed E-state index contributed by atoms with van der Waals surface area (Å²) < 4.78 is 1.07. The highest BCUT2D eigenvalue weighted by atomic mass is 127. The van der Waals surface area contributed by atoms with E-state index in [-0.39, 0.29) is 0 Å². The van der Waals surface area contributed by atoms with E-state index in [9.17, 15) is 0 Å². The van der Waals surface area contributed by atoms with E-state index < -0.39 is 0 Å². The summed E-state index contributed by atoms with van der Waals surface area (Å²) in [4.78, 5) is 9.39. The Bertz CT molecular complexity index is 789. The largest absolute Gasteiger partial charge is 0.371 e. The summed E-state index contributed by atoms with van der Waals surface area (Å²) in [5, 5.41) is 3.77. The van der Waals surface area contributed by atoms with Crippen LogP contribution in [-0.2, 0) is 0 Å². The Hall–Kier alpha value is -1.40. The zero-order chi connectivity index (χ0) is 14.1. The number of nitrogens with one attached hydrogen (secondary N) is 1. The van der Waals surface area contributed by atoms with E-state index in [0.29, 0.717) is 5.02 Å². The van der Waals surface area contributed by atoms with Crippen molar-refractivity contribution in [3.05, 3.63) is 51.1 Å². The molecule has 0 aliphatic rings. The second kappa shape index (κ2) is 5.54. The van der Waals surface area contributed by atoms with Crippen LogP contribution in [0.1, 0.15) is 0 Å². The Morgan fingerprint density at radius 2 is 1.85 bits per heavy atom. The molecule has 0 spiro atoms. The maximum Gasteiger partial charge on any atom is 0.153 e. The molecular weight excluding hydrogens is 385 g/mol. The quantitative estimate of drug-likeness (QED) is 0.645. The molecule has 0 fully saturated rings. The van der Waals surface area contributed by atoms with Crippen LogP contribution < -0.4 is 5.32 Å². The van der Waals surface area contributed by atoms with Gasteiger partial charge in [-0.05, 0) is 40.8 Å². The second-order valence-electron chi connectivity index (χ2n) is 4.26. The molecule has 1 heterocycles. The average molecular weight is 396 g/mol. The van der Waals surface area contributed by atoms with Crippen LogP contribution in [0.3, 0.4) is 0 Å². The number of rotatable bonds is 2. The lowest BCUT2D eigenvalue weighted by Crippen LogP contribution is -2.00. The van der Waals surface area contributed by atoms with E-state index in [1.165, 1.54) is 0 Å². The van der Waals surface area contributed by atoms with Gasteiger partial charge in [-0.2, -0.15) is 0 Å². The minimum Gasteiger partial charge on any atom is -0.371 e. The van der Waals surface area contributed by atoms with Crippen molar-refractivity contribution in [1.82, 2.24) is 9.97 Å². The van der Waals surface area contributed by atoms with Gasteiger partial charge in [0.1, 0.15) is 11.2 Å². The van der Waals surface area contributed by atoms with E-state index in [2.05, 4.69) is 32.9 Å². The molecule has 0 amide bonds. The van der Waals surface area contributed by atoms with Crippen LogP contribution >= 0.6 is 34.2 Å². The first kappa shape index (κ1) is 13.6. The summed E-state index contributed by atoms with van der Waals surface area (Å²) in [5.74, 6) is 0.729. The standard InChI is InChI=1S/C15H11ClIN3/c1-18-15-13(9-5-2-3-6-10(9)16)20-14-11(17)7-4-8-12(14)19-15/h2-8H,1H3,(H,18,19). The molecule has 0 atom stereocenters. The van der Waals surface area contributed by atoms with Crippen LogP contribution in [0.2, 0.25) is 5.02 Å². The van der Waals surface area contributed by atoms with Crippen molar-refractivity contribution >= 4 is 51.0 Å². The maximum absolute atomic E-state index is 6.28. The van der Waals surface area contributed by atoms with Crippen molar-refractivity contribution in [2.24, 2.45) is 0 Å². The lowest BCUT2D eigenvalue weighted by Gasteiger charge is -2.11. The fourth-order valence-corrected chi connectivity index (χ4v) is 2.89. The molecule has 100 valence electrons. The average Bonchev–Trinajstić information content (AvgIpc) is 2.47. The van der Waals surface area contributed by atoms with Gasteiger partial charge in [0.2, 0.25) is 0 Å². The second-order valence-corrected chi connectivity index (χ2v) is 5.83. The monoisotopic (exact) mass is 395 g/mol. The Morgan fingerprint density at radius 1 is 1.05 bits per heavy atom. The summed E-state index contributed by atoms with van der Waals surface area (Å²) in [5.41, 5.74) is 3.42. The molecular formula is C15H11ClIN3. The highest BCUT2D eigenvalue weighted by Gasteiger charge is 2.13. The van der Waals surface area contributed by atoms with Gasteiger partial charge in [0.15, 0.2) is 5.82 Å². The van der Waals surface area contributed by atoms with Crippen molar-refractivity contribution in [3.63, 3.8) is 0 Å². The third-order valence-corrected chi connectivity index (χ3v) is 4.21. The Balaban J connectivity index is 2.34. The van der Waals surface area contributed by atoms with Crippen LogP contribution in [-0.4, -0.2) is 17.0 Å². The van der Waals surface area contributed by atoms with Crippen LogP contribution in [0.4, 0.5) is 5.82 Å². The Labute approximate surface area is 135 Å². The van der Waals surface area contributed by atoms with E-state index in [1.54, 1.807) is 0 Å². The molecule has 3 rings (SSSR count). The van der Waals surface area contributed by atoms with Crippen molar-refractivity contribution in [3.8, 4) is 11.3 Å². The van der Waals surface area contributed by atoms with E-state index in [4.69, 9.17) is 16.6 Å². The van der Waals surface area contributed by atoms with E-state index in [0.717, 1.165) is 31.7 Å². The van der Waals surface area contributed by atoms with Crippen LogP contribution in [0.15, 0.2) is 42.5 Å². The molecule has 0 bridgehead atoms. The van der Waals surface area contributed by atoms with E-state index >= 15 is 0 Å². The van der Waals surface area contributed by atoms with Gasteiger partial charge in [-0.25, -0.2) is 9.97 Å². The van der Waals surface area contributed by atoms with Crippen molar-refractivity contribution in [1.29, 1.82) is 0 Å². The molecule has 3 nitrogen and oxygen atoms in total. The minimum absolute atomic E-state index is 0.670. The molecule has 0 aliphatic carbocycles. The number of aromatic nitrogens is 2. The van der Waals surface area contributed by atoms with Gasteiger partial charge in [-0.15, -0.1) is 0 Å². The SMILES string of the molecule is CNc1nc2cccc(I)c2nc1-c1ccccc1Cl. The van der Waals surface area contributed by atoms with Gasteiger partial charge in [-0.1, -0.05) is 35.9 Å². The van der Waals surface area contributed by atoms with Crippen LogP contribution in [0.5, 0.6) is 0 Å². The topological polar surface area (TPSA) is 37.8 Å². The minimum atomic E-state index is 0.670. The summed E-state index contributed by atoms with van der Waals surface area (Å²) >= 11 is 8.55. The zero-order valence-electron chi connectivity index (χ0n) is 10.7. The zero-order valence-corrected chi connectivity index (χ0v) is 13.6. The molecule has 0 aliphatic heterocycles. The van der Waals surface area contributed by atoms with Crippen molar-refractivity contribution < 1.29 is 0 Å². The first-order valence-corrected chi connectivity index (χ1v) is 7.55. The van der Waals surface area contributed by atoms with Crippen LogP contribution in [0.25, 0.3) is 22.3 Å². The number of anilines is 1. The predicted molar refractivity (Wildman–Crippen MR) is 92.2 cm³/mol. The number of hydrogen-bond acceptors (Lipinski definition) is 3. The van der Waals surface area contributed by atoms with Gasteiger partial charge >= 0.3 is 0 Å². The van der Waals surface area contributed by atoms with Crippen LogP contribution in [0, 0.1) is 3.57 Å². The maximum atomic E-state index is 6.28. The summed E-state index contributed by atoms with van der Waals surface area (Å²) in [6.45, 7) is 0. The first-order valence-electron chi connectivity index (χ1n) is 6.09. The number of benzene rings is 2. The van der Waals surface area contributed by atoms with Crippen molar-refractivity contribution in [2.45, 2.75) is 0 Å². The molecule has 0 saturated heterocycles. The molecule has 0 saturated carbocycles. The number of hydrogen-bond donors (Lipinski definition) is 1. The summed E-state index contributed by atoms with van der Waals surface area (Å²) in [6.07, 6.45) is 0. The predicted octanol–water partition coefficient (Wildman–Crippen LogP) is 4.60. The van der Waals surface area contributed by atoms with Gasteiger partial charge < -0.3 is 5.32 Å². The summed E-state index contributed by atoms with van der Waals surface area (Å²) in [7, 11) is 1.84. The molecule has 0 radical (unpaired) electrons. The summed E-state index contributed by atoms with van der Waals surface area (Å²) in [6, 6.07) is 13.6. The molecule has 5 heteroatoms. The molecule has 3 aromatic rings. The number of para-hydroxylation sites is 1. The Kier molecular flexibility index (Phi) is 3.76. The highest BCUT2D eigenvalue weighted by Crippen LogP contribution is 2.32. The first-order chi connectivity index (χ1) is 9.70. The smallest absolute Gasteiger partial charge is 0.153 e. The molecule has 1 aromatic heterocycles. The molecule has 0 unspecified atom stereocenters. The Morgan fingerprint density at radius 3 is 2.60 bits per heavy atom. The van der Waals surface area contributed by atoms with Gasteiger partial charge in [0.25, 0.3) is 0 Å². The lowest BCUT2D eigenvalue weighted by atomic mass is 10.1. The number of nitrogens with zero attached hydrogens (tertiary/aromatic N) is 2. The van der Waals surface area contributed by atoms with Gasteiger partial charge in [0, 0.05) is 16.2 Å². The fourth-order valence-electron chi connectivity index (χ4n) is 2.06. The molecule has 1 N–H and O–H groups in total. The third-order valence-electron chi connectivity index (χ3n) is 3.01. The van der Waals surface area contributed by atoms with Gasteiger partial charge in [-0.3, -0.25) is 0 Å². The number of fused-ring (bicyclic) bond motifs is 1.